The molecule has 0 bridgehead atoms. The second kappa shape index (κ2) is 10.00. The van der Waals surface area contributed by atoms with Crippen LogP contribution >= 0.6 is 0 Å². The topological polar surface area (TPSA) is 99.1 Å². The lowest BCUT2D eigenvalue weighted by atomic mass is 10.1. The van der Waals surface area contributed by atoms with Gasteiger partial charge in [-0.3, -0.25) is 0 Å². The Balaban J connectivity index is 1.38. The van der Waals surface area contributed by atoms with Gasteiger partial charge in [-0.25, -0.2) is 0 Å². The smallest absolute Gasteiger partial charge is 0.256 e. The van der Waals surface area contributed by atoms with Crippen molar-refractivity contribution in [3.63, 3.8) is 0 Å². The Morgan fingerprint density at radius 1 is 0.806 bits per heavy atom. The molecule has 0 saturated carbocycles. The molecule has 0 unspecified atom stereocenters. The van der Waals surface area contributed by atoms with Crippen LogP contribution in [0.2, 0.25) is 0 Å². The highest BCUT2D eigenvalue weighted by atomic mass is 16.5. The van der Waals surface area contributed by atoms with Gasteiger partial charge < -0.3 is 33.0 Å². The molecule has 0 atom stereocenters. The van der Waals surface area contributed by atoms with Crippen molar-refractivity contribution >= 4 is 11.6 Å². The van der Waals surface area contributed by atoms with Crippen LogP contribution in [0.1, 0.15) is 0 Å². The Morgan fingerprint density at radius 3 is 2.22 bits per heavy atom. The molecule has 4 aromatic rings. The van der Waals surface area contributed by atoms with E-state index < -0.39 is 0 Å². The summed E-state index contributed by atoms with van der Waals surface area (Å²) in [6.45, 7) is 5.71. The van der Waals surface area contributed by atoms with E-state index in [4.69, 9.17) is 23.2 Å². The van der Waals surface area contributed by atoms with E-state index in [1.165, 1.54) is 0 Å². The predicted octanol–water partition coefficient (Wildman–Crippen LogP) is 3.74. The number of hydrogen-bond donors (Lipinski definition) is 0. The third-order valence-corrected chi connectivity index (χ3v) is 6.45. The van der Waals surface area contributed by atoms with Crippen LogP contribution in [-0.4, -0.2) is 75.1 Å². The van der Waals surface area contributed by atoms with E-state index in [0.717, 1.165) is 29.9 Å². The van der Waals surface area contributed by atoms with Gasteiger partial charge >= 0.3 is 0 Å². The number of benzene rings is 2. The third-order valence-electron chi connectivity index (χ3n) is 6.45. The average Bonchev–Trinajstić information content (AvgIpc) is 3.62. The molecule has 36 heavy (non-hydrogen) atoms. The molecule has 10 heteroatoms. The number of morpholine rings is 2. The van der Waals surface area contributed by atoms with E-state index in [1.54, 1.807) is 7.11 Å². The van der Waals surface area contributed by atoms with Gasteiger partial charge in [0.1, 0.15) is 17.0 Å². The van der Waals surface area contributed by atoms with Crippen LogP contribution in [0.4, 0.5) is 11.6 Å². The summed E-state index contributed by atoms with van der Waals surface area (Å²) < 4.78 is 28.8. The van der Waals surface area contributed by atoms with E-state index in [0.29, 0.717) is 74.2 Å². The Kier molecular flexibility index (Phi) is 6.27. The van der Waals surface area contributed by atoms with Gasteiger partial charge in [0.05, 0.1) is 39.1 Å². The van der Waals surface area contributed by atoms with Crippen LogP contribution in [0.3, 0.4) is 0 Å². The average molecular weight is 490 g/mol. The second-order valence-corrected chi connectivity index (χ2v) is 8.57. The predicted molar refractivity (Wildman–Crippen MR) is 133 cm³/mol. The van der Waals surface area contributed by atoms with Gasteiger partial charge in [0, 0.05) is 43.5 Å². The molecule has 2 fully saturated rings. The molecule has 0 amide bonds. The van der Waals surface area contributed by atoms with Crippen molar-refractivity contribution in [1.29, 1.82) is 0 Å². The summed E-state index contributed by atoms with van der Waals surface area (Å²) >= 11 is 0. The largest absolute Gasteiger partial charge is 0.496 e. The van der Waals surface area contributed by atoms with Gasteiger partial charge in [-0.1, -0.05) is 35.5 Å². The first-order valence-corrected chi connectivity index (χ1v) is 12.0. The molecule has 0 radical (unpaired) electrons. The number of rotatable bonds is 6. The first kappa shape index (κ1) is 22.6. The lowest BCUT2D eigenvalue weighted by Gasteiger charge is -2.29. The Hall–Kier alpha value is -3.89. The fourth-order valence-electron chi connectivity index (χ4n) is 4.56. The van der Waals surface area contributed by atoms with Crippen molar-refractivity contribution in [1.82, 2.24) is 15.4 Å². The Morgan fingerprint density at radius 2 is 1.50 bits per heavy atom. The summed E-state index contributed by atoms with van der Waals surface area (Å²) in [6.07, 6.45) is 0. The lowest BCUT2D eigenvalue weighted by molar-refractivity contribution is 0.120. The first-order chi connectivity index (χ1) is 17.8. The van der Waals surface area contributed by atoms with Gasteiger partial charge in [0.25, 0.3) is 11.8 Å². The first-order valence-electron chi connectivity index (χ1n) is 12.0. The zero-order valence-electron chi connectivity index (χ0n) is 20.1. The highest BCUT2D eigenvalue weighted by Crippen LogP contribution is 2.41. The minimum absolute atomic E-state index is 0.339. The number of anilines is 2. The summed E-state index contributed by atoms with van der Waals surface area (Å²) in [6, 6.07) is 15.8. The van der Waals surface area contributed by atoms with Gasteiger partial charge in [-0.15, -0.1) is 10.2 Å². The zero-order chi connectivity index (χ0) is 24.3. The van der Waals surface area contributed by atoms with E-state index in [9.17, 15) is 0 Å². The molecule has 2 aromatic carbocycles. The maximum Gasteiger partial charge on any atom is 0.256 e. The van der Waals surface area contributed by atoms with Crippen molar-refractivity contribution in [2.75, 3.05) is 69.5 Å². The molecule has 2 aliphatic rings. The minimum atomic E-state index is 0.339. The van der Waals surface area contributed by atoms with Crippen LogP contribution in [0.5, 0.6) is 5.75 Å². The van der Waals surface area contributed by atoms with Gasteiger partial charge in [0.2, 0.25) is 5.88 Å². The van der Waals surface area contributed by atoms with Crippen LogP contribution < -0.4 is 14.5 Å². The highest BCUT2D eigenvalue weighted by Gasteiger charge is 2.29. The maximum atomic E-state index is 6.24. The quantitative estimate of drug-likeness (QED) is 0.398. The summed E-state index contributed by atoms with van der Waals surface area (Å²) in [5.41, 5.74) is 4.02. The highest BCUT2D eigenvalue weighted by molar-refractivity contribution is 5.85. The molecule has 2 aliphatic heterocycles. The molecule has 2 aromatic heterocycles. The molecule has 2 saturated heterocycles. The van der Waals surface area contributed by atoms with E-state index >= 15 is 0 Å². The summed E-state index contributed by atoms with van der Waals surface area (Å²) in [5.74, 6) is 1.97. The van der Waals surface area contributed by atoms with Crippen LogP contribution in [0, 0.1) is 0 Å². The molecule has 10 nitrogen and oxygen atoms in total. The van der Waals surface area contributed by atoms with Crippen molar-refractivity contribution in [3.05, 3.63) is 48.5 Å². The van der Waals surface area contributed by atoms with Crippen molar-refractivity contribution < 1.29 is 23.2 Å². The minimum Gasteiger partial charge on any atom is -0.496 e. The molecule has 0 spiro atoms. The second-order valence-electron chi connectivity index (χ2n) is 8.57. The molecular formula is C26H27N5O5. The molecule has 186 valence electrons. The monoisotopic (exact) mass is 489 g/mol. The van der Waals surface area contributed by atoms with Gasteiger partial charge in [-0.05, 0) is 12.1 Å². The fraction of sp³-hybridized carbons (Fsp3) is 0.346. The third kappa shape index (κ3) is 4.29. The summed E-state index contributed by atoms with van der Waals surface area (Å²) in [7, 11) is 1.64. The normalized spacial score (nSPS) is 16.4. The van der Waals surface area contributed by atoms with Crippen LogP contribution in [0.25, 0.3) is 34.2 Å². The standard InChI is InChI=1S/C26H27N5O5/c1-32-21-17-19(30-9-13-33-14-10-30)7-8-20(21)24-27-28-25(35-24)22-23(18-5-3-2-4-6-18)29-36-26(22)31-11-15-34-16-12-31/h2-8,17H,9-16H2,1H3. The number of aromatic nitrogens is 3. The van der Waals surface area contributed by atoms with E-state index in [2.05, 4.69) is 25.2 Å². The number of nitrogens with zero attached hydrogens (tertiary/aromatic N) is 5. The molecular weight excluding hydrogens is 462 g/mol. The maximum absolute atomic E-state index is 6.24. The van der Waals surface area contributed by atoms with E-state index in [1.807, 2.05) is 48.5 Å². The van der Waals surface area contributed by atoms with Crippen molar-refractivity contribution in [2.45, 2.75) is 0 Å². The molecule has 6 rings (SSSR count). The Bertz CT molecular complexity index is 1310. The summed E-state index contributed by atoms with van der Waals surface area (Å²) in [4.78, 5) is 4.37. The van der Waals surface area contributed by atoms with Crippen LogP contribution in [0.15, 0.2) is 57.5 Å². The van der Waals surface area contributed by atoms with Crippen molar-refractivity contribution in [3.8, 4) is 39.9 Å². The molecule has 0 N–H and O–H groups in total. The number of ether oxygens (including phenoxy) is 3. The molecule has 4 heterocycles. The van der Waals surface area contributed by atoms with Gasteiger partial charge in [0.15, 0.2) is 0 Å². The lowest BCUT2D eigenvalue weighted by Crippen LogP contribution is -2.36. The molecule has 0 aliphatic carbocycles. The number of hydrogen-bond acceptors (Lipinski definition) is 10. The number of methoxy groups -OCH3 is 1. The van der Waals surface area contributed by atoms with E-state index in [-0.39, 0.29) is 0 Å². The summed E-state index contributed by atoms with van der Waals surface area (Å²) in [5, 5.41) is 13.2. The van der Waals surface area contributed by atoms with Crippen LogP contribution in [-0.2, 0) is 9.47 Å². The Labute approximate surface area is 208 Å². The van der Waals surface area contributed by atoms with Crippen molar-refractivity contribution in [2.24, 2.45) is 0 Å². The fourth-order valence-corrected chi connectivity index (χ4v) is 4.56. The zero-order valence-corrected chi connectivity index (χ0v) is 20.1. The SMILES string of the molecule is COc1cc(N2CCOCC2)ccc1-c1nnc(-c2c(-c3ccccc3)noc2N2CCOCC2)o1. The van der Waals surface area contributed by atoms with Gasteiger partial charge in [-0.2, -0.15) is 0 Å².